The Labute approximate surface area is 103 Å². The second-order valence-electron chi connectivity index (χ2n) is 5.02. The molecule has 5 nitrogen and oxygen atoms in total. The van der Waals surface area contributed by atoms with Crippen LogP contribution in [-0.4, -0.2) is 44.7 Å². The van der Waals surface area contributed by atoms with Crippen molar-refractivity contribution in [2.75, 3.05) is 26.9 Å². The third-order valence-electron chi connectivity index (χ3n) is 2.58. The first-order valence-electron chi connectivity index (χ1n) is 6.00. The number of ether oxygens (including phenoxy) is 3. The van der Waals surface area contributed by atoms with Crippen LogP contribution in [0.4, 0.5) is 0 Å². The third-order valence-corrected chi connectivity index (χ3v) is 2.58. The minimum absolute atomic E-state index is 0.0304. The van der Waals surface area contributed by atoms with Crippen molar-refractivity contribution in [3.05, 3.63) is 0 Å². The zero-order valence-corrected chi connectivity index (χ0v) is 11.1. The Morgan fingerprint density at radius 1 is 1.59 bits per heavy atom. The van der Waals surface area contributed by atoms with Gasteiger partial charge in [-0.3, -0.25) is 4.79 Å². The molecule has 1 N–H and O–H groups in total. The summed E-state index contributed by atoms with van der Waals surface area (Å²) >= 11 is 0. The molecule has 0 aromatic rings. The normalized spacial score (nSPS) is 24.6. The van der Waals surface area contributed by atoms with Gasteiger partial charge in [0, 0.05) is 26.7 Å². The number of methoxy groups -OCH3 is 1. The molecular formula is C12H23NO4. The average molecular weight is 245 g/mol. The maximum absolute atomic E-state index is 11.6. The van der Waals surface area contributed by atoms with Crippen LogP contribution < -0.4 is 5.32 Å². The first kappa shape index (κ1) is 14.4. The van der Waals surface area contributed by atoms with Gasteiger partial charge in [-0.15, -0.1) is 0 Å². The van der Waals surface area contributed by atoms with Crippen LogP contribution in [0.2, 0.25) is 0 Å². The van der Waals surface area contributed by atoms with Gasteiger partial charge in [-0.05, 0) is 19.8 Å². The highest BCUT2D eigenvalue weighted by Crippen LogP contribution is 2.21. The summed E-state index contributed by atoms with van der Waals surface area (Å²) in [5, 5.41) is 2.85. The summed E-state index contributed by atoms with van der Waals surface area (Å²) in [6.45, 7) is 7.36. The van der Waals surface area contributed by atoms with E-state index in [2.05, 4.69) is 5.32 Å². The predicted octanol–water partition coefficient (Wildman–Crippen LogP) is 0.927. The topological polar surface area (TPSA) is 56.8 Å². The third kappa shape index (κ3) is 5.48. The number of rotatable bonds is 6. The summed E-state index contributed by atoms with van der Waals surface area (Å²) < 4.78 is 16.0. The maximum Gasteiger partial charge on any atom is 0.220 e. The quantitative estimate of drug-likeness (QED) is 0.756. The van der Waals surface area contributed by atoms with Gasteiger partial charge < -0.3 is 19.5 Å². The van der Waals surface area contributed by atoms with Gasteiger partial charge in [0.05, 0.1) is 6.61 Å². The monoisotopic (exact) mass is 245 g/mol. The molecule has 5 heteroatoms. The Bertz CT molecular complexity index is 255. The number of carbonyl (C=O) groups is 1. The van der Waals surface area contributed by atoms with E-state index < -0.39 is 5.79 Å². The van der Waals surface area contributed by atoms with E-state index in [9.17, 15) is 4.79 Å². The molecule has 1 rings (SSSR count). The molecule has 2 atom stereocenters. The van der Waals surface area contributed by atoms with Crippen LogP contribution >= 0.6 is 0 Å². The molecule has 2 unspecified atom stereocenters. The maximum atomic E-state index is 11.6. The molecule has 0 saturated carbocycles. The van der Waals surface area contributed by atoms with Gasteiger partial charge in [0.15, 0.2) is 5.79 Å². The Morgan fingerprint density at radius 3 is 2.82 bits per heavy atom. The number of hydrogen-bond donors (Lipinski definition) is 1. The lowest BCUT2D eigenvalue weighted by Gasteiger charge is -2.17. The van der Waals surface area contributed by atoms with Crippen molar-refractivity contribution in [2.24, 2.45) is 5.92 Å². The van der Waals surface area contributed by atoms with Crippen molar-refractivity contribution >= 4 is 5.91 Å². The van der Waals surface area contributed by atoms with Crippen molar-refractivity contribution in [1.82, 2.24) is 5.32 Å². The lowest BCUT2D eigenvalue weighted by Crippen LogP contribution is -2.35. The van der Waals surface area contributed by atoms with Gasteiger partial charge in [0.2, 0.25) is 5.91 Å². The highest BCUT2D eigenvalue weighted by atomic mass is 16.7. The summed E-state index contributed by atoms with van der Waals surface area (Å²) in [7, 11) is 1.64. The van der Waals surface area contributed by atoms with Crippen molar-refractivity contribution in [2.45, 2.75) is 39.1 Å². The summed E-state index contributed by atoms with van der Waals surface area (Å²) in [6, 6.07) is 0. The van der Waals surface area contributed by atoms with Crippen molar-refractivity contribution < 1.29 is 19.0 Å². The van der Waals surface area contributed by atoms with Gasteiger partial charge in [-0.25, -0.2) is 0 Å². The first-order valence-corrected chi connectivity index (χ1v) is 6.00. The predicted molar refractivity (Wildman–Crippen MR) is 63.6 cm³/mol. The second-order valence-corrected chi connectivity index (χ2v) is 5.02. The smallest absolute Gasteiger partial charge is 0.220 e. The number of amides is 1. The molecule has 0 aromatic carbocycles. The van der Waals surface area contributed by atoms with Gasteiger partial charge in [0.1, 0.15) is 6.10 Å². The molecule has 0 aliphatic carbocycles. The fourth-order valence-electron chi connectivity index (χ4n) is 1.82. The lowest BCUT2D eigenvalue weighted by molar-refractivity contribution is -0.139. The van der Waals surface area contributed by atoms with Crippen LogP contribution in [0.15, 0.2) is 0 Å². The van der Waals surface area contributed by atoms with Crippen molar-refractivity contribution in [1.29, 1.82) is 0 Å². The fraction of sp³-hybridized carbons (Fsp3) is 0.917. The Morgan fingerprint density at radius 2 is 2.29 bits per heavy atom. The summed E-state index contributed by atoms with van der Waals surface area (Å²) in [6.07, 6.45) is 0.428. The molecule has 17 heavy (non-hydrogen) atoms. The van der Waals surface area contributed by atoms with E-state index >= 15 is 0 Å². The largest absolute Gasteiger partial charge is 0.384 e. The molecule has 100 valence electrons. The Balaban J connectivity index is 2.16. The van der Waals surface area contributed by atoms with Crippen molar-refractivity contribution in [3.63, 3.8) is 0 Å². The van der Waals surface area contributed by atoms with Gasteiger partial charge in [-0.2, -0.15) is 0 Å². The average Bonchev–Trinajstić information content (AvgIpc) is 2.55. The highest BCUT2D eigenvalue weighted by molar-refractivity contribution is 5.76. The zero-order chi connectivity index (χ0) is 12.9. The van der Waals surface area contributed by atoms with Crippen LogP contribution in [0.3, 0.4) is 0 Å². The molecule has 0 bridgehead atoms. The SMILES string of the molecule is COCC(C)CC(=O)NCC1COC(C)(C)O1. The highest BCUT2D eigenvalue weighted by Gasteiger charge is 2.32. The molecule has 0 aromatic heterocycles. The summed E-state index contributed by atoms with van der Waals surface area (Å²) in [4.78, 5) is 11.6. The zero-order valence-electron chi connectivity index (χ0n) is 11.1. The van der Waals surface area contributed by atoms with E-state index in [0.29, 0.717) is 26.2 Å². The molecule has 1 heterocycles. The molecule has 1 aliphatic rings. The van der Waals surface area contributed by atoms with Gasteiger partial charge >= 0.3 is 0 Å². The molecule has 1 amide bonds. The van der Waals surface area contributed by atoms with Gasteiger partial charge in [-0.1, -0.05) is 6.92 Å². The van der Waals surface area contributed by atoms with E-state index in [4.69, 9.17) is 14.2 Å². The van der Waals surface area contributed by atoms with E-state index in [-0.39, 0.29) is 17.9 Å². The molecule has 0 radical (unpaired) electrons. The van der Waals surface area contributed by atoms with E-state index in [1.165, 1.54) is 0 Å². The fourth-order valence-corrected chi connectivity index (χ4v) is 1.82. The standard InChI is InChI=1S/C12H23NO4/c1-9(7-15-4)5-11(14)13-6-10-8-16-12(2,3)17-10/h9-10H,5-8H2,1-4H3,(H,13,14). The minimum Gasteiger partial charge on any atom is -0.384 e. The molecular weight excluding hydrogens is 222 g/mol. The van der Waals surface area contributed by atoms with Crippen molar-refractivity contribution in [3.8, 4) is 0 Å². The lowest BCUT2D eigenvalue weighted by atomic mass is 10.1. The van der Waals surface area contributed by atoms with Crippen LogP contribution in [0.5, 0.6) is 0 Å². The Kier molecular flexibility index (Phi) is 5.36. The van der Waals surface area contributed by atoms with Crippen LogP contribution in [-0.2, 0) is 19.0 Å². The van der Waals surface area contributed by atoms with Crippen LogP contribution in [0, 0.1) is 5.92 Å². The molecule has 1 saturated heterocycles. The first-order chi connectivity index (χ1) is 7.93. The minimum atomic E-state index is -0.529. The number of nitrogens with one attached hydrogen (secondary N) is 1. The van der Waals surface area contributed by atoms with Crippen LogP contribution in [0.25, 0.3) is 0 Å². The number of carbonyl (C=O) groups excluding carboxylic acids is 1. The number of hydrogen-bond acceptors (Lipinski definition) is 4. The second kappa shape index (κ2) is 6.33. The van der Waals surface area contributed by atoms with Crippen LogP contribution in [0.1, 0.15) is 27.2 Å². The van der Waals surface area contributed by atoms with E-state index in [0.717, 1.165) is 0 Å². The molecule has 0 spiro atoms. The summed E-state index contributed by atoms with van der Waals surface area (Å²) in [5.74, 6) is -0.265. The molecule has 1 aliphatic heterocycles. The van der Waals surface area contributed by atoms with E-state index in [1.807, 2.05) is 20.8 Å². The summed E-state index contributed by atoms with van der Waals surface area (Å²) in [5.41, 5.74) is 0. The van der Waals surface area contributed by atoms with E-state index in [1.54, 1.807) is 7.11 Å². The molecule has 1 fully saturated rings. The van der Waals surface area contributed by atoms with Gasteiger partial charge in [0.25, 0.3) is 0 Å². The Hall–Kier alpha value is -0.650.